The van der Waals surface area contributed by atoms with E-state index in [1.807, 2.05) is 19.9 Å². The van der Waals surface area contributed by atoms with Gasteiger partial charge in [0.2, 0.25) is 10.0 Å². The molecule has 0 bridgehead atoms. The maximum absolute atomic E-state index is 12.9. The van der Waals surface area contributed by atoms with Crippen molar-refractivity contribution in [3.8, 4) is 0 Å². The van der Waals surface area contributed by atoms with E-state index in [9.17, 15) is 8.42 Å². The van der Waals surface area contributed by atoms with E-state index in [4.69, 9.17) is 4.74 Å². The average molecular weight is 378 g/mol. The summed E-state index contributed by atoms with van der Waals surface area (Å²) < 4.78 is 34.6. The molecule has 7 nitrogen and oxygen atoms in total. The van der Waals surface area contributed by atoms with E-state index in [1.165, 1.54) is 0 Å². The van der Waals surface area contributed by atoms with Gasteiger partial charge in [0.05, 0.1) is 11.5 Å². The fourth-order valence-electron chi connectivity index (χ4n) is 3.33. The van der Waals surface area contributed by atoms with Gasteiger partial charge in [-0.05, 0) is 49.9 Å². The number of piperidine rings is 1. The molecule has 0 aliphatic carbocycles. The Labute approximate surface area is 155 Å². The molecule has 142 valence electrons. The van der Waals surface area contributed by atoms with Crippen molar-refractivity contribution in [3.05, 3.63) is 41.5 Å². The number of methoxy groups -OCH3 is 1. The summed E-state index contributed by atoms with van der Waals surface area (Å²) in [6.45, 7) is 5.52. The number of ether oxygens (including phenoxy) is 1. The topological polar surface area (TPSA) is 77.3 Å². The molecule has 0 amide bonds. The summed E-state index contributed by atoms with van der Waals surface area (Å²) in [5.74, 6) is 0.891. The smallest absolute Gasteiger partial charge is 0.243 e. The van der Waals surface area contributed by atoms with Crippen LogP contribution in [0.3, 0.4) is 0 Å². The van der Waals surface area contributed by atoms with Crippen LogP contribution in [-0.2, 0) is 21.2 Å². The highest BCUT2D eigenvalue weighted by Crippen LogP contribution is 2.28. The van der Waals surface area contributed by atoms with Gasteiger partial charge in [-0.25, -0.2) is 8.42 Å². The number of sulfonamides is 1. The van der Waals surface area contributed by atoms with E-state index in [0.717, 1.165) is 29.8 Å². The van der Waals surface area contributed by atoms with E-state index in [1.54, 1.807) is 29.9 Å². The molecule has 2 heterocycles. The molecule has 0 atom stereocenters. The predicted molar refractivity (Wildman–Crippen MR) is 98.5 cm³/mol. The van der Waals surface area contributed by atoms with Crippen LogP contribution < -0.4 is 0 Å². The van der Waals surface area contributed by atoms with Crippen molar-refractivity contribution in [2.75, 3.05) is 26.8 Å². The highest BCUT2D eigenvalue weighted by molar-refractivity contribution is 7.89. The molecule has 1 aliphatic rings. The molecule has 0 unspecified atom stereocenters. The summed E-state index contributed by atoms with van der Waals surface area (Å²) in [7, 11) is -1.78. The summed E-state index contributed by atoms with van der Waals surface area (Å²) in [6.07, 6.45) is 3.95. The number of nitrogens with zero attached hydrogens (tertiary/aromatic N) is 4. The highest BCUT2D eigenvalue weighted by atomic mass is 32.2. The summed E-state index contributed by atoms with van der Waals surface area (Å²) in [5, 5.41) is 8.17. The van der Waals surface area contributed by atoms with Crippen molar-refractivity contribution in [1.82, 2.24) is 19.1 Å². The SMILES string of the molecule is COCCc1nncn1C1CCN(S(=O)(=O)c2ccc(C)c(C)c2)CC1. The summed E-state index contributed by atoms with van der Waals surface area (Å²) in [5.41, 5.74) is 2.09. The van der Waals surface area contributed by atoms with E-state index >= 15 is 0 Å². The first-order valence-corrected chi connectivity index (χ1v) is 10.3. The third-order valence-electron chi connectivity index (χ3n) is 5.11. The first kappa shape index (κ1) is 19.0. The minimum atomic E-state index is -3.45. The van der Waals surface area contributed by atoms with Crippen molar-refractivity contribution in [2.24, 2.45) is 0 Å². The lowest BCUT2D eigenvalue weighted by atomic mass is 10.1. The van der Waals surface area contributed by atoms with Crippen LogP contribution in [0, 0.1) is 13.8 Å². The molecule has 1 aromatic carbocycles. The number of aromatic nitrogens is 3. The van der Waals surface area contributed by atoms with Crippen LogP contribution in [0.5, 0.6) is 0 Å². The molecule has 0 saturated carbocycles. The van der Waals surface area contributed by atoms with Crippen LogP contribution >= 0.6 is 0 Å². The number of benzene rings is 1. The molecule has 0 spiro atoms. The Hall–Kier alpha value is -1.77. The maximum atomic E-state index is 12.9. The fourth-order valence-corrected chi connectivity index (χ4v) is 4.88. The standard InChI is InChI=1S/C18H26N4O3S/c1-14-4-5-17(12-15(14)2)26(23,24)21-9-6-16(7-10-21)22-13-19-20-18(22)8-11-25-3/h4-5,12-13,16H,6-11H2,1-3H3. The average Bonchev–Trinajstić information content (AvgIpc) is 3.10. The quantitative estimate of drug-likeness (QED) is 0.769. The van der Waals surface area contributed by atoms with Crippen LogP contribution in [0.1, 0.15) is 35.8 Å². The Bertz CT molecular complexity index is 855. The van der Waals surface area contributed by atoms with Crippen LogP contribution in [0.25, 0.3) is 0 Å². The Morgan fingerprint density at radius 1 is 1.19 bits per heavy atom. The minimum Gasteiger partial charge on any atom is -0.384 e. The number of rotatable bonds is 6. The van der Waals surface area contributed by atoms with Crippen LogP contribution in [0.15, 0.2) is 29.4 Å². The zero-order chi connectivity index (χ0) is 18.7. The summed E-state index contributed by atoms with van der Waals surface area (Å²) in [4.78, 5) is 0.379. The van der Waals surface area contributed by atoms with Gasteiger partial charge in [0.25, 0.3) is 0 Å². The zero-order valence-electron chi connectivity index (χ0n) is 15.6. The van der Waals surface area contributed by atoms with E-state index in [-0.39, 0.29) is 6.04 Å². The molecule has 8 heteroatoms. The second kappa shape index (κ2) is 7.85. The molecule has 3 rings (SSSR count). The van der Waals surface area contributed by atoms with Crippen molar-refractivity contribution in [1.29, 1.82) is 0 Å². The number of aryl methyl sites for hydroxylation is 2. The Balaban J connectivity index is 1.70. The summed E-state index contributed by atoms with van der Waals surface area (Å²) in [6, 6.07) is 5.56. The van der Waals surface area contributed by atoms with Gasteiger partial charge in [-0.3, -0.25) is 0 Å². The molecule has 1 saturated heterocycles. The van der Waals surface area contributed by atoms with Gasteiger partial charge in [-0.15, -0.1) is 10.2 Å². The second-order valence-corrected chi connectivity index (χ2v) is 8.72. The Morgan fingerprint density at radius 3 is 2.58 bits per heavy atom. The minimum absolute atomic E-state index is 0.225. The molecule has 0 radical (unpaired) electrons. The largest absolute Gasteiger partial charge is 0.384 e. The Kier molecular flexibility index (Phi) is 5.74. The molecule has 1 aromatic heterocycles. The normalized spacial score (nSPS) is 16.9. The first-order valence-electron chi connectivity index (χ1n) is 8.88. The molecular formula is C18H26N4O3S. The molecule has 2 aromatic rings. The van der Waals surface area contributed by atoms with Crippen molar-refractivity contribution < 1.29 is 13.2 Å². The van der Waals surface area contributed by atoms with E-state index in [2.05, 4.69) is 14.8 Å². The zero-order valence-corrected chi connectivity index (χ0v) is 16.4. The molecule has 1 fully saturated rings. The second-order valence-electron chi connectivity index (χ2n) is 6.78. The van der Waals surface area contributed by atoms with Gasteiger partial charge in [0.15, 0.2) is 0 Å². The van der Waals surface area contributed by atoms with E-state index in [0.29, 0.717) is 31.0 Å². The molecule has 1 aliphatic heterocycles. The predicted octanol–water partition coefficient (Wildman–Crippen LogP) is 2.11. The lowest BCUT2D eigenvalue weighted by Gasteiger charge is -2.32. The van der Waals surface area contributed by atoms with Gasteiger partial charge >= 0.3 is 0 Å². The maximum Gasteiger partial charge on any atom is 0.243 e. The van der Waals surface area contributed by atoms with Gasteiger partial charge in [-0.2, -0.15) is 4.31 Å². The van der Waals surface area contributed by atoms with Crippen molar-refractivity contribution in [3.63, 3.8) is 0 Å². The van der Waals surface area contributed by atoms with Gasteiger partial charge in [-0.1, -0.05) is 6.07 Å². The van der Waals surface area contributed by atoms with Crippen LogP contribution in [-0.4, -0.2) is 54.3 Å². The monoisotopic (exact) mass is 378 g/mol. The van der Waals surface area contributed by atoms with Gasteiger partial charge in [0, 0.05) is 32.7 Å². The number of hydrogen-bond donors (Lipinski definition) is 0. The molecular weight excluding hydrogens is 352 g/mol. The van der Waals surface area contributed by atoms with Crippen molar-refractivity contribution in [2.45, 2.75) is 44.0 Å². The van der Waals surface area contributed by atoms with Crippen LogP contribution in [0.2, 0.25) is 0 Å². The van der Waals surface area contributed by atoms with Crippen molar-refractivity contribution >= 4 is 10.0 Å². The highest BCUT2D eigenvalue weighted by Gasteiger charge is 2.30. The van der Waals surface area contributed by atoms with Gasteiger partial charge < -0.3 is 9.30 Å². The summed E-state index contributed by atoms with van der Waals surface area (Å²) >= 11 is 0. The van der Waals surface area contributed by atoms with Gasteiger partial charge in [0.1, 0.15) is 12.2 Å². The third-order valence-corrected chi connectivity index (χ3v) is 7.00. The molecule has 0 N–H and O–H groups in total. The first-order chi connectivity index (χ1) is 12.4. The Morgan fingerprint density at radius 2 is 1.92 bits per heavy atom. The fraction of sp³-hybridized carbons (Fsp3) is 0.556. The van der Waals surface area contributed by atoms with E-state index < -0.39 is 10.0 Å². The lowest BCUT2D eigenvalue weighted by molar-refractivity contribution is 0.197. The van der Waals surface area contributed by atoms with Crippen LogP contribution in [0.4, 0.5) is 0 Å². The molecule has 26 heavy (non-hydrogen) atoms. The third kappa shape index (κ3) is 3.82. The number of hydrogen-bond acceptors (Lipinski definition) is 5. The lowest BCUT2D eigenvalue weighted by Crippen LogP contribution is -2.39.